The van der Waals surface area contributed by atoms with Crippen LogP contribution in [0.3, 0.4) is 0 Å². The summed E-state index contributed by atoms with van der Waals surface area (Å²) in [5.41, 5.74) is 2.32. The zero-order chi connectivity index (χ0) is 18.3. The standard InChI is InChI=1S/C23H29NO3/c1-2-14-11-18(26)22-23-8-9-24(12-13-4-3-5-13)16(19(14)23)10-15-6-7-17(25)21(27-22)20(15)23/h6-7,13-14,16,19,22,25H,2-5,8-12H2,1H3/t14-,16+,19-,22-,23-/m0/s1. The maximum atomic E-state index is 13.1. The number of hydrogen-bond acceptors (Lipinski definition) is 4. The summed E-state index contributed by atoms with van der Waals surface area (Å²) in [4.78, 5) is 15.9. The number of hydrogen-bond donors (Lipinski definition) is 1. The largest absolute Gasteiger partial charge is 0.504 e. The highest BCUT2D eigenvalue weighted by molar-refractivity contribution is 5.89. The van der Waals surface area contributed by atoms with Crippen molar-refractivity contribution in [2.45, 2.75) is 69.4 Å². The Morgan fingerprint density at radius 2 is 2.15 bits per heavy atom. The van der Waals surface area contributed by atoms with Gasteiger partial charge in [0.15, 0.2) is 23.4 Å². The van der Waals surface area contributed by atoms with E-state index in [0.717, 1.165) is 31.7 Å². The first-order valence-electron chi connectivity index (χ1n) is 10.9. The van der Waals surface area contributed by atoms with Gasteiger partial charge in [0, 0.05) is 30.0 Å². The van der Waals surface area contributed by atoms with Crippen LogP contribution in [0.1, 0.15) is 56.6 Å². The minimum Gasteiger partial charge on any atom is -0.504 e. The second kappa shape index (κ2) is 5.50. The first-order chi connectivity index (χ1) is 13.1. The number of piperidine rings is 1. The van der Waals surface area contributed by atoms with Crippen LogP contribution in [0.2, 0.25) is 0 Å². The number of benzene rings is 1. The Bertz CT molecular complexity index is 816. The summed E-state index contributed by atoms with van der Waals surface area (Å²) >= 11 is 0. The molecule has 6 rings (SSSR count). The van der Waals surface area contributed by atoms with Gasteiger partial charge in [-0.3, -0.25) is 9.69 Å². The van der Waals surface area contributed by atoms with E-state index in [-0.39, 0.29) is 23.1 Å². The highest BCUT2D eigenvalue weighted by Crippen LogP contribution is 2.64. The van der Waals surface area contributed by atoms with E-state index in [1.54, 1.807) is 6.07 Å². The van der Waals surface area contributed by atoms with Crippen molar-refractivity contribution in [3.63, 3.8) is 0 Å². The van der Waals surface area contributed by atoms with Gasteiger partial charge in [-0.15, -0.1) is 0 Å². The lowest BCUT2D eigenvalue weighted by Crippen LogP contribution is -2.68. The molecule has 27 heavy (non-hydrogen) atoms. The maximum Gasteiger partial charge on any atom is 0.174 e. The van der Waals surface area contributed by atoms with Gasteiger partial charge in [0.25, 0.3) is 0 Å². The van der Waals surface area contributed by atoms with Crippen LogP contribution in [0.25, 0.3) is 0 Å². The van der Waals surface area contributed by atoms with Gasteiger partial charge in [-0.1, -0.05) is 25.8 Å². The van der Waals surface area contributed by atoms with E-state index in [4.69, 9.17) is 4.74 Å². The van der Waals surface area contributed by atoms with E-state index in [0.29, 0.717) is 30.0 Å². The van der Waals surface area contributed by atoms with Crippen molar-refractivity contribution >= 4 is 5.78 Å². The minimum absolute atomic E-state index is 0.196. The molecule has 5 aliphatic rings. The number of aromatic hydroxyl groups is 1. The van der Waals surface area contributed by atoms with Gasteiger partial charge in [-0.25, -0.2) is 0 Å². The molecule has 4 nitrogen and oxygen atoms in total. The third-order valence-electron chi connectivity index (χ3n) is 8.62. The number of carbonyl (C=O) groups is 1. The lowest BCUT2D eigenvalue weighted by Gasteiger charge is -2.60. The van der Waals surface area contributed by atoms with Gasteiger partial charge in [-0.2, -0.15) is 0 Å². The van der Waals surface area contributed by atoms with Crippen molar-refractivity contribution in [1.29, 1.82) is 0 Å². The molecule has 1 N–H and O–H groups in total. The molecule has 3 aliphatic carbocycles. The Morgan fingerprint density at radius 1 is 1.30 bits per heavy atom. The van der Waals surface area contributed by atoms with E-state index >= 15 is 0 Å². The zero-order valence-corrected chi connectivity index (χ0v) is 16.1. The number of ketones is 1. The van der Waals surface area contributed by atoms with Crippen molar-refractivity contribution in [3.8, 4) is 11.5 Å². The van der Waals surface area contributed by atoms with E-state index in [2.05, 4.69) is 17.9 Å². The Hall–Kier alpha value is -1.55. The molecule has 4 heteroatoms. The predicted octanol–water partition coefficient (Wildman–Crippen LogP) is 3.44. The molecule has 1 saturated heterocycles. The van der Waals surface area contributed by atoms with Gasteiger partial charge in [0.2, 0.25) is 0 Å². The zero-order valence-electron chi connectivity index (χ0n) is 16.1. The van der Waals surface area contributed by atoms with Crippen molar-refractivity contribution in [2.75, 3.05) is 13.1 Å². The third-order valence-corrected chi connectivity index (χ3v) is 8.62. The molecule has 3 fully saturated rings. The number of rotatable bonds is 3. The Morgan fingerprint density at radius 3 is 2.89 bits per heavy atom. The number of nitrogens with zero attached hydrogens (tertiary/aromatic N) is 1. The predicted molar refractivity (Wildman–Crippen MR) is 102 cm³/mol. The molecular weight excluding hydrogens is 338 g/mol. The fraction of sp³-hybridized carbons (Fsp3) is 0.696. The Kier molecular flexibility index (Phi) is 3.34. The molecule has 5 atom stereocenters. The van der Waals surface area contributed by atoms with Gasteiger partial charge >= 0.3 is 0 Å². The molecule has 1 aromatic rings. The Balaban J connectivity index is 1.51. The maximum absolute atomic E-state index is 13.1. The van der Waals surface area contributed by atoms with Gasteiger partial charge in [0.1, 0.15) is 0 Å². The molecule has 2 bridgehead atoms. The van der Waals surface area contributed by atoms with E-state index in [1.807, 2.05) is 0 Å². The van der Waals surface area contributed by atoms with Crippen molar-refractivity contribution in [1.82, 2.24) is 4.90 Å². The van der Waals surface area contributed by atoms with Crippen molar-refractivity contribution < 1.29 is 14.6 Å². The summed E-state index contributed by atoms with van der Waals surface area (Å²) in [5.74, 6) is 2.89. The first-order valence-corrected chi connectivity index (χ1v) is 10.9. The quantitative estimate of drug-likeness (QED) is 0.889. The molecule has 0 aromatic heterocycles. The van der Waals surface area contributed by atoms with E-state index in [1.165, 1.54) is 36.9 Å². The summed E-state index contributed by atoms with van der Waals surface area (Å²) in [6.45, 7) is 4.54. The smallest absolute Gasteiger partial charge is 0.174 e. The monoisotopic (exact) mass is 367 g/mol. The SMILES string of the molecule is CC[C@H]1CC(=O)[C@@H]2Oc3c(O)ccc4c3[C@@]23CCN(CC2CCC2)[C@H](C4)[C@H]13. The number of phenolic OH excluding ortho intramolecular Hbond substituents is 1. The van der Waals surface area contributed by atoms with Gasteiger partial charge < -0.3 is 9.84 Å². The second-order valence-corrected chi connectivity index (χ2v) is 9.66. The lowest BCUT2D eigenvalue weighted by molar-refractivity contribution is -0.145. The van der Waals surface area contributed by atoms with Crippen LogP contribution in [0, 0.1) is 17.8 Å². The average Bonchev–Trinajstić information content (AvgIpc) is 2.98. The number of carbonyl (C=O) groups excluding carboxylic acids is 1. The van der Waals surface area contributed by atoms with Crippen LogP contribution < -0.4 is 4.74 Å². The summed E-state index contributed by atoms with van der Waals surface area (Å²) in [7, 11) is 0. The molecular formula is C23H29NO3. The Labute approximate surface area is 160 Å². The molecule has 0 unspecified atom stereocenters. The van der Waals surface area contributed by atoms with Crippen LogP contribution in [0.15, 0.2) is 12.1 Å². The lowest BCUT2D eigenvalue weighted by atomic mass is 9.48. The van der Waals surface area contributed by atoms with E-state index in [9.17, 15) is 9.90 Å². The van der Waals surface area contributed by atoms with Crippen LogP contribution in [0.4, 0.5) is 0 Å². The van der Waals surface area contributed by atoms with Crippen LogP contribution in [-0.2, 0) is 16.6 Å². The highest BCUT2D eigenvalue weighted by atomic mass is 16.5. The van der Waals surface area contributed by atoms with Gasteiger partial charge in [-0.05, 0) is 61.6 Å². The number of ether oxygens (including phenoxy) is 1. The number of phenols is 1. The molecule has 144 valence electrons. The van der Waals surface area contributed by atoms with Crippen LogP contribution >= 0.6 is 0 Å². The van der Waals surface area contributed by atoms with E-state index < -0.39 is 0 Å². The topological polar surface area (TPSA) is 49.8 Å². The molecule has 2 saturated carbocycles. The summed E-state index contributed by atoms with van der Waals surface area (Å²) in [6, 6.07) is 4.39. The first kappa shape index (κ1) is 16.4. The molecule has 0 amide bonds. The minimum atomic E-state index is -0.374. The number of likely N-dealkylation sites (tertiary alicyclic amines) is 1. The summed E-state index contributed by atoms with van der Waals surface area (Å²) < 4.78 is 6.25. The van der Waals surface area contributed by atoms with Gasteiger partial charge in [0.05, 0.1) is 0 Å². The third kappa shape index (κ3) is 1.95. The summed E-state index contributed by atoms with van der Waals surface area (Å²) in [6.07, 6.45) is 7.53. The fourth-order valence-corrected chi connectivity index (χ4v) is 7.29. The summed E-state index contributed by atoms with van der Waals surface area (Å²) in [5, 5.41) is 10.5. The number of Topliss-reactive ketones (excluding diaryl/α,β-unsaturated/α-hetero) is 1. The van der Waals surface area contributed by atoms with Crippen LogP contribution in [0.5, 0.6) is 11.5 Å². The fourth-order valence-electron chi connectivity index (χ4n) is 7.29. The normalized spacial score (nSPS) is 39.7. The highest BCUT2D eigenvalue weighted by Gasteiger charge is 2.67. The van der Waals surface area contributed by atoms with Crippen molar-refractivity contribution in [3.05, 3.63) is 23.3 Å². The molecule has 2 heterocycles. The molecule has 1 spiro atoms. The molecule has 0 radical (unpaired) electrons. The van der Waals surface area contributed by atoms with Crippen molar-refractivity contribution in [2.24, 2.45) is 17.8 Å². The second-order valence-electron chi connectivity index (χ2n) is 9.66. The molecule has 1 aromatic carbocycles. The van der Waals surface area contributed by atoms with Crippen LogP contribution in [-0.4, -0.2) is 41.0 Å². The molecule has 2 aliphatic heterocycles. The average molecular weight is 367 g/mol.